The molecule has 0 aromatic carbocycles. The predicted octanol–water partition coefficient (Wildman–Crippen LogP) is 5.19. The number of alkyl halides is 5. The van der Waals surface area contributed by atoms with E-state index in [1.807, 2.05) is 6.92 Å². The summed E-state index contributed by atoms with van der Waals surface area (Å²) in [4.78, 5) is 35.2. The Balaban J connectivity index is 1.79. The monoisotopic (exact) mass is 589 g/mol. The molecule has 8 nitrogen and oxygen atoms in total. The first-order chi connectivity index (χ1) is 18.4. The van der Waals surface area contributed by atoms with Gasteiger partial charge in [0.1, 0.15) is 11.5 Å². The maximum Gasteiger partial charge on any atom is 0.417 e. The van der Waals surface area contributed by atoms with Gasteiger partial charge < -0.3 is 20.6 Å². The molecule has 1 aliphatic heterocycles. The lowest BCUT2D eigenvalue weighted by Gasteiger charge is -2.26. The van der Waals surface area contributed by atoms with Crippen molar-refractivity contribution in [1.29, 1.82) is 0 Å². The van der Waals surface area contributed by atoms with Crippen LogP contribution in [-0.4, -0.2) is 68.0 Å². The van der Waals surface area contributed by atoms with Crippen LogP contribution >= 0.6 is 11.3 Å². The van der Waals surface area contributed by atoms with Crippen LogP contribution in [0, 0.1) is 5.92 Å². The second-order valence-electron chi connectivity index (χ2n) is 11.3. The molecule has 1 saturated heterocycles. The Morgan fingerprint density at radius 2 is 1.88 bits per heavy atom. The number of carbonyl (C=O) groups is 2. The van der Waals surface area contributed by atoms with Gasteiger partial charge >= 0.3 is 6.18 Å². The molecule has 14 heteroatoms. The number of halogens is 5. The average Bonchev–Trinajstić information content (AvgIpc) is 3.52. The van der Waals surface area contributed by atoms with Crippen molar-refractivity contribution in [3.05, 3.63) is 28.5 Å². The van der Waals surface area contributed by atoms with E-state index in [1.54, 1.807) is 0 Å². The molecule has 0 bridgehead atoms. The van der Waals surface area contributed by atoms with Gasteiger partial charge in [-0.05, 0) is 59.4 Å². The van der Waals surface area contributed by atoms with Crippen LogP contribution in [0.25, 0.3) is 10.4 Å². The molecule has 0 spiro atoms. The molecule has 1 aliphatic carbocycles. The number of anilines is 1. The van der Waals surface area contributed by atoms with Gasteiger partial charge in [0.2, 0.25) is 0 Å². The van der Waals surface area contributed by atoms with E-state index in [2.05, 4.69) is 20.6 Å². The van der Waals surface area contributed by atoms with E-state index in [9.17, 15) is 36.6 Å². The summed E-state index contributed by atoms with van der Waals surface area (Å²) in [6.07, 6.45) is -2.58. The summed E-state index contributed by atoms with van der Waals surface area (Å²) < 4.78 is 71.1. The minimum atomic E-state index is -4.87. The highest BCUT2D eigenvalue weighted by atomic mass is 32.1. The number of rotatable bonds is 8. The summed E-state index contributed by atoms with van der Waals surface area (Å²) >= 11 is 0.526. The van der Waals surface area contributed by atoms with E-state index in [0.717, 1.165) is 30.0 Å². The Hall–Kier alpha value is -2.87. The number of likely N-dealkylation sites (tertiary alicyclic amines) is 1. The maximum absolute atomic E-state index is 14.3. The standard InChI is InChI=1S/C26H32F5N5O3S/c1-12-9-25(27,28)11-36(12)23(38)19-20(40-22(35-19)21(37)34-14(3)24(4,5)39)16-10-32-18(8-17(16)26(29,30)31)33-13(2)15-6-7-15/h8,10,12-15,39H,6-7,9,11H2,1-5H3,(H,32,33)(H,34,37)/t12-,13-,14-/m0/s1. The van der Waals surface area contributed by atoms with Crippen LogP contribution in [0.15, 0.2) is 12.3 Å². The molecular weight excluding hydrogens is 557 g/mol. The highest BCUT2D eigenvalue weighted by Crippen LogP contribution is 2.43. The third-order valence-electron chi connectivity index (χ3n) is 7.38. The van der Waals surface area contributed by atoms with Crippen LogP contribution in [0.5, 0.6) is 0 Å². The topological polar surface area (TPSA) is 107 Å². The number of carbonyl (C=O) groups excluding carboxylic acids is 2. The average molecular weight is 590 g/mol. The van der Waals surface area contributed by atoms with Crippen LogP contribution in [0.3, 0.4) is 0 Å². The van der Waals surface area contributed by atoms with Crippen molar-refractivity contribution < 1.29 is 36.6 Å². The Bertz CT molecular complexity index is 1290. The van der Waals surface area contributed by atoms with Crippen LogP contribution in [-0.2, 0) is 6.18 Å². The number of nitrogens with one attached hydrogen (secondary N) is 2. The highest BCUT2D eigenvalue weighted by Gasteiger charge is 2.47. The molecule has 0 radical (unpaired) electrons. The summed E-state index contributed by atoms with van der Waals surface area (Å²) in [6, 6.07) is -0.938. The second-order valence-corrected chi connectivity index (χ2v) is 12.3. The zero-order valence-corrected chi connectivity index (χ0v) is 23.5. The van der Waals surface area contributed by atoms with Gasteiger partial charge in [0.25, 0.3) is 17.7 Å². The number of hydrogen-bond donors (Lipinski definition) is 3. The van der Waals surface area contributed by atoms with E-state index in [-0.39, 0.29) is 21.7 Å². The summed E-state index contributed by atoms with van der Waals surface area (Å²) in [6.45, 7) is 6.77. The minimum absolute atomic E-state index is 0.00218. The molecule has 2 aromatic rings. The van der Waals surface area contributed by atoms with Gasteiger partial charge in [0.05, 0.1) is 28.6 Å². The lowest BCUT2D eigenvalue weighted by atomic mass is 10.0. The number of amides is 2. The van der Waals surface area contributed by atoms with Crippen molar-refractivity contribution in [1.82, 2.24) is 20.2 Å². The molecule has 3 atom stereocenters. The van der Waals surface area contributed by atoms with Gasteiger partial charge in [-0.3, -0.25) is 9.59 Å². The Morgan fingerprint density at radius 1 is 1.23 bits per heavy atom. The highest BCUT2D eigenvalue weighted by molar-refractivity contribution is 7.17. The Morgan fingerprint density at radius 3 is 2.40 bits per heavy atom. The van der Waals surface area contributed by atoms with Gasteiger partial charge in [-0.1, -0.05) is 0 Å². The fraction of sp³-hybridized carbons (Fsp3) is 0.615. The molecule has 1 saturated carbocycles. The first kappa shape index (κ1) is 30.1. The van der Waals surface area contributed by atoms with Gasteiger partial charge in [-0.15, -0.1) is 11.3 Å². The van der Waals surface area contributed by atoms with Gasteiger partial charge in [-0.2, -0.15) is 13.2 Å². The maximum atomic E-state index is 14.3. The smallest absolute Gasteiger partial charge is 0.388 e. The molecular formula is C26H32F5N5O3S. The number of aromatic nitrogens is 2. The lowest BCUT2D eigenvalue weighted by Crippen LogP contribution is -2.47. The Labute approximate surface area is 232 Å². The van der Waals surface area contributed by atoms with Crippen LogP contribution < -0.4 is 10.6 Å². The van der Waals surface area contributed by atoms with E-state index in [4.69, 9.17) is 0 Å². The quantitative estimate of drug-likeness (QED) is 0.366. The molecule has 220 valence electrons. The van der Waals surface area contributed by atoms with E-state index < -0.39 is 71.4 Å². The van der Waals surface area contributed by atoms with Crippen molar-refractivity contribution in [2.75, 3.05) is 11.9 Å². The molecule has 2 fully saturated rings. The first-order valence-electron chi connectivity index (χ1n) is 12.9. The van der Waals surface area contributed by atoms with Crippen LogP contribution in [0.2, 0.25) is 0 Å². The van der Waals surface area contributed by atoms with E-state index in [1.165, 1.54) is 27.7 Å². The van der Waals surface area contributed by atoms with E-state index >= 15 is 0 Å². The Kier molecular flexibility index (Phi) is 7.91. The largest absolute Gasteiger partial charge is 0.417 e. The summed E-state index contributed by atoms with van der Waals surface area (Å²) in [7, 11) is 0. The van der Waals surface area contributed by atoms with Crippen molar-refractivity contribution in [2.24, 2.45) is 5.92 Å². The van der Waals surface area contributed by atoms with Crippen molar-refractivity contribution in [3.63, 3.8) is 0 Å². The molecule has 4 rings (SSSR count). The molecule has 2 aromatic heterocycles. The lowest BCUT2D eigenvalue weighted by molar-refractivity contribution is -0.137. The first-order valence-corrected chi connectivity index (χ1v) is 13.8. The second kappa shape index (κ2) is 10.5. The summed E-state index contributed by atoms with van der Waals surface area (Å²) in [5.74, 6) is -4.68. The normalized spacial score (nSPS) is 20.8. The number of aliphatic hydroxyl groups is 1. The number of nitrogens with zero attached hydrogens (tertiary/aromatic N) is 3. The predicted molar refractivity (Wildman–Crippen MR) is 139 cm³/mol. The molecule has 3 heterocycles. The van der Waals surface area contributed by atoms with Gasteiger partial charge in [-0.25, -0.2) is 18.7 Å². The fourth-order valence-corrected chi connectivity index (χ4v) is 5.48. The molecule has 2 amide bonds. The fourth-order valence-electron chi connectivity index (χ4n) is 4.50. The van der Waals surface area contributed by atoms with Crippen LogP contribution in [0.4, 0.5) is 27.8 Å². The molecule has 40 heavy (non-hydrogen) atoms. The number of thiazole rings is 1. The van der Waals surface area contributed by atoms with Crippen LogP contribution in [0.1, 0.15) is 79.7 Å². The third-order valence-corrected chi connectivity index (χ3v) is 8.47. The molecule has 3 N–H and O–H groups in total. The molecule has 0 unspecified atom stereocenters. The van der Waals surface area contributed by atoms with Gasteiger partial charge in [0, 0.05) is 30.3 Å². The zero-order valence-electron chi connectivity index (χ0n) is 22.7. The number of hydrogen-bond acceptors (Lipinski definition) is 7. The summed E-state index contributed by atoms with van der Waals surface area (Å²) in [5, 5.41) is 15.3. The molecule has 2 aliphatic rings. The van der Waals surface area contributed by atoms with E-state index in [0.29, 0.717) is 17.3 Å². The van der Waals surface area contributed by atoms with Crippen molar-refractivity contribution >= 4 is 29.0 Å². The number of pyridine rings is 1. The van der Waals surface area contributed by atoms with Crippen molar-refractivity contribution in [2.45, 2.75) is 89.7 Å². The summed E-state index contributed by atoms with van der Waals surface area (Å²) in [5.41, 5.74) is -3.48. The zero-order chi connectivity index (χ0) is 29.8. The SMILES string of the molecule is C[C@H](Nc1cc(C(F)(F)F)c(-c2sc(C(=O)N[C@@H](C)C(C)(C)O)nc2C(=O)N2CC(F)(F)C[C@@H]2C)cn1)C1CC1. The third kappa shape index (κ3) is 6.54. The minimum Gasteiger partial charge on any atom is -0.388 e. The van der Waals surface area contributed by atoms with Gasteiger partial charge in [0.15, 0.2) is 5.01 Å². The van der Waals surface area contributed by atoms with Crippen molar-refractivity contribution in [3.8, 4) is 10.4 Å².